The summed E-state index contributed by atoms with van der Waals surface area (Å²) >= 11 is 3.32. The molecule has 0 radical (unpaired) electrons. The lowest BCUT2D eigenvalue weighted by atomic mass is 9.90. The standard InChI is InChI=1S/C13H16BrFO/c14-11-6-7-12(15)13(8-11)16-9-10-4-2-1-3-5-10/h6-8,10H,1-5,9H2. The predicted octanol–water partition coefficient (Wildman–Crippen LogP) is 4.55. The number of rotatable bonds is 3. The molecule has 1 saturated carbocycles. The van der Waals surface area contributed by atoms with Crippen molar-refractivity contribution in [2.45, 2.75) is 32.1 Å². The van der Waals surface area contributed by atoms with Crippen LogP contribution in [0.5, 0.6) is 5.75 Å². The Hall–Kier alpha value is -0.570. The van der Waals surface area contributed by atoms with Crippen molar-refractivity contribution in [3.63, 3.8) is 0 Å². The van der Waals surface area contributed by atoms with Gasteiger partial charge in [0.2, 0.25) is 0 Å². The summed E-state index contributed by atoms with van der Waals surface area (Å²) in [7, 11) is 0. The monoisotopic (exact) mass is 286 g/mol. The van der Waals surface area contributed by atoms with Gasteiger partial charge < -0.3 is 4.74 Å². The van der Waals surface area contributed by atoms with Crippen LogP contribution >= 0.6 is 15.9 Å². The predicted molar refractivity (Wildman–Crippen MR) is 66.2 cm³/mol. The number of ether oxygens (including phenoxy) is 1. The van der Waals surface area contributed by atoms with Crippen molar-refractivity contribution in [3.05, 3.63) is 28.5 Å². The second-order valence-corrected chi connectivity index (χ2v) is 5.31. The van der Waals surface area contributed by atoms with E-state index in [1.54, 1.807) is 12.1 Å². The molecule has 1 fully saturated rings. The molecule has 2 rings (SSSR count). The Kier molecular flexibility index (Phi) is 4.22. The summed E-state index contributed by atoms with van der Waals surface area (Å²) in [6.45, 7) is 0.646. The van der Waals surface area contributed by atoms with Crippen LogP contribution in [-0.2, 0) is 0 Å². The van der Waals surface area contributed by atoms with E-state index in [0.717, 1.165) is 4.47 Å². The molecule has 0 atom stereocenters. The minimum Gasteiger partial charge on any atom is -0.490 e. The Bertz CT molecular complexity index is 348. The van der Waals surface area contributed by atoms with Gasteiger partial charge in [0, 0.05) is 4.47 Å². The molecule has 1 aromatic carbocycles. The molecule has 0 saturated heterocycles. The van der Waals surface area contributed by atoms with Crippen molar-refractivity contribution in [2.75, 3.05) is 6.61 Å². The van der Waals surface area contributed by atoms with Gasteiger partial charge in [-0.1, -0.05) is 35.2 Å². The number of hydrogen-bond acceptors (Lipinski definition) is 1. The molecule has 0 aromatic heterocycles. The lowest BCUT2D eigenvalue weighted by Crippen LogP contribution is -2.15. The maximum Gasteiger partial charge on any atom is 0.165 e. The van der Waals surface area contributed by atoms with Gasteiger partial charge in [-0.3, -0.25) is 0 Å². The molecule has 0 aliphatic heterocycles. The largest absolute Gasteiger partial charge is 0.490 e. The molecule has 1 nitrogen and oxygen atoms in total. The Morgan fingerprint density at radius 3 is 2.75 bits per heavy atom. The fourth-order valence-electron chi connectivity index (χ4n) is 2.15. The van der Waals surface area contributed by atoms with Crippen LogP contribution in [0.25, 0.3) is 0 Å². The number of hydrogen-bond donors (Lipinski definition) is 0. The molecule has 0 unspecified atom stereocenters. The highest BCUT2D eigenvalue weighted by Crippen LogP contribution is 2.27. The minimum atomic E-state index is -0.279. The zero-order valence-electron chi connectivity index (χ0n) is 9.22. The van der Waals surface area contributed by atoms with Crippen LogP contribution in [0.1, 0.15) is 32.1 Å². The van der Waals surface area contributed by atoms with E-state index >= 15 is 0 Å². The summed E-state index contributed by atoms with van der Waals surface area (Å²) in [5.41, 5.74) is 0. The van der Waals surface area contributed by atoms with Crippen LogP contribution in [0.3, 0.4) is 0 Å². The summed E-state index contributed by atoms with van der Waals surface area (Å²) in [6.07, 6.45) is 6.34. The maximum atomic E-state index is 13.4. The highest BCUT2D eigenvalue weighted by atomic mass is 79.9. The van der Waals surface area contributed by atoms with Gasteiger partial charge in [0.25, 0.3) is 0 Å². The molecule has 0 N–H and O–H groups in total. The Labute approximate surface area is 104 Å². The third kappa shape index (κ3) is 3.21. The van der Waals surface area contributed by atoms with Gasteiger partial charge in [-0.25, -0.2) is 4.39 Å². The van der Waals surface area contributed by atoms with Gasteiger partial charge in [0.15, 0.2) is 11.6 Å². The Morgan fingerprint density at radius 2 is 2.00 bits per heavy atom. The summed E-state index contributed by atoms with van der Waals surface area (Å²) in [5, 5.41) is 0. The van der Waals surface area contributed by atoms with Crippen molar-refractivity contribution in [2.24, 2.45) is 5.92 Å². The Balaban J connectivity index is 1.90. The van der Waals surface area contributed by atoms with Crippen LogP contribution in [0.15, 0.2) is 22.7 Å². The molecule has 16 heavy (non-hydrogen) atoms. The minimum absolute atomic E-state index is 0.279. The second kappa shape index (κ2) is 5.67. The lowest BCUT2D eigenvalue weighted by molar-refractivity contribution is 0.202. The molecule has 0 bridgehead atoms. The van der Waals surface area contributed by atoms with E-state index in [-0.39, 0.29) is 5.82 Å². The van der Waals surface area contributed by atoms with Crippen molar-refractivity contribution >= 4 is 15.9 Å². The second-order valence-electron chi connectivity index (χ2n) is 4.39. The first kappa shape index (κ1) is 11.9. The van der Waals surface area contributed by atoms with E-state index in [0.29, 0.717) is 18.3 Å². The van der Waals surface area contributed by atoms with Crippen molar-refractivity contribution < 1.29 is 9.13 Å². The summed E-state index contributed by atoms with van der Waals surface area (Å²) in [4.78, 5) is 0. The smallest absolute Gasteiger partial charge is 0.165 e. The van der Waals surface area contributed by atoms with Gasteiger partial charge in [0.05, 0.1) is 6.61 Å². The van der Waals surface area contributed by atoms with Crippen molar-refractivity contribution in [1.29, 1.82) is 0 Å². The summed E-state index contributed by atoms with van der Waals surface area (Å²) in [5.74, 6) is 0.686. The van der Waals surface area contributed by atoms with E-state index in [9.17, 15) is 4.39 Å². The molecule has 0 amide bonds. The van der Waals surface area contributed by atoms with Crippen LogP contribution in [-0.4, -0.2) is 6.61 Å². The average molecular weight is 287 g/mol. The normalized spacial score (nSPS) is 17.4. The first-order chi connectivity index (χ1) is 7.75. The molecule has 1 aliphatic rings. The van der Waals surface area contributed by atoms with E-state index in [1.165, 1.54) is 38.2 Å². The van der Waals surface area contributed by atoms with E-state index in [2.05, 4.69) is 15.9 Å². The first-order valence-corrected chi connectivity index (χ1v) is 6.63. The molecular formula is C13H16BrFO. The molecule has 0 spiro atoms. The first-order valence-electron chi connectivity index (χ1n) is 5.83. The van der Waals surface area contributed by atoms with E-state index < -0.39 is 0 Å². The fraction of sp³-hybridized carbons (Fsp3) is 0.538. The average Bonchev–Trinajstić information content (AvgIpc) is 2.32. The van der Waals surface area contributed by atoms with E-state index in [4.69, 9.17) is 4.74 Å². The van der Waals surface area contributed by atoms with E-state index in [1.807, 2.05) is 0 Å². The maximum absolute atomic E-state index is 13.4. The van der Waals surface area contributed by atoms with Gasteiger partial charge >= 0.3 is 0 Å². The SMILES string of the molecule is Fc1ccc(Br)cc1OCC1CCCCC1. The zero-order valence-corrected chi connectivity index (χ0v) is 10.8. The highest BCUT2D eigenvalue weighted by Gasteiger charge is 2.14. The van der Waals surface area contributed by atoms with Crippen LogP contribution in [0.2, 0.25) is 0 Å². The molecule has 3 heteroatoms. The quantitative estimate of drug-likeness (QED) is 0.792. The molecular weight excluding hydrogens is 271 g/mol. The van der Waals surface area contributed by atoms with Crippen LogP contribution in [0.4, 0.5) is 4.39 Å². The van der Waals surface area contributed by atoms with Gasteiger partial charge in [0.1, 0.15) is 0 Å². The molecule has 0 heterocycles. The number of halogens is 2. The third-order valence-corrected chi connectivity index (χ3v) is 3.59. The third-order valence-electron chi connectivity index (χ3n) is 3.09. The van der Waals surface area contributed by atoms with Gasteiger partial charge in [-0.2, -0.15) is 0 Å². The lowest BCUT2D eigenvalue weighted by Gasteiger charge is -2.21. The van der Waals surface area contributed by atoms with Gasteiger partial charge in [-0.05, 0) is 37.0 Å². The molecule has 88 valence electrons. The Morgan fingerprint density at radius 1 is 1.25 bits per heavy atom. The molecule has 1 aromatic rings. The summed E-state index contributed by atoms with van der Waals surface area (Å²) in [6, 6.07) is 4.81. The zero-order chi connectivity index (χ0) is 11.4. The number of benzene rings is 1. The van der Waals surface area contributed by atoms with Crippen molar-refractivity contribution in [1.82, 2.24) is 0 Å². The van der Waals surface area contributed by atoms with Crippen LogP contribution < -0.4 is 4.74 Å². The fourth-order valence-corrected chi connectivity index (χ4v) is 2.49. The topological polar surface area (TPSA) is 9.23 Å². The summed E-state index contributed by atoms with van der Waals surface area (Å²) < 4.78 is 19.8. The van der Waals surface area contributed by atoms with Crippen molar-refractivity contribution in [3.8, 4) is 5.75 Å². The molecule has 1 aliphatic carbocycles. The highest BCUT2D eigenvalue weighted by molar-refractivity contribution is 9.10. The van der Waals surface area contributed by atoms with Crippen LogP contribution in [0, 0.1) is 11.7 Å². The van der Waals surface area contributed by atoms with Gasteiger partial charge in [-0.15, -0.1) is 0 Å².